The van der Waals surface area contributed by atoms with E-state index < -0.39 is 60.2 Å². The summed E-state index contributed by atoms with van der Waals surface area (Å²) in [6.07, 6.45) is 10.3. The van der Waals surface area contributed by atoms with Gasteiger partial charge in [0.2, 0.25) is 0 Å². The van der Waals surface area contributed by atoms with Gasteiger partial charge in [0, 0.05) is 0 Å². The summed E-state index contributed by atoms with van der Waals surface area (Å²) in [6, 6.07) is 0. The van der Waals surface area contributed by atoms with Gasteiger partial charge in [0.15, 0.2) is 18.3 Å². The van der Waals surface area contributed by atoms with Crippen molar-refractivity contribution in [1.82, 2.24) is 0 Å². The second-order valence-electron chi connectivity index (χ2n) is 37.1. The van der Waals surface area contributed by atoms with Gasteiger partial charge >= 0.3 is 69.9 Å². The van der Waals surface area contributed by atoms with Gasteiger partial charge in [-0.25, -0.2) is 0 Å². The van der Waals surface area contributed by atoms with Crippen molar-refractivity contribution in [3.8, 4) is 0 Å². The predicted molar refractivity (Wildman–Crippen MR) is 329 cm³/mol. The predicted octanol–water partition coefficient (Wildman–Crippen LogP) is 17.2. The summed E-state index contributed by atoms with van der Waals surface area (Å²) in [5.41, 5.74) is 1.33. The zero-order valence-corrected chi connectivity index (χ0v) is 61.0. The molecule has 0 spiro atoms. The molecular formula is C74H122F9KO5. The molecule has 0 aromatic rings. The van der Waals surface area contributed by atoms with Crippen LogP contribution in [0, 0.1) is 150 Å². The first-order valence-electron chi connectivity index (χ1n) is 35.9. The first-order chi connectivity index (χ1) is 39.9. The van der Waals surface area contributed by atoms with Gasteiger partial charge in [-0.1, -0.05) is 90.0 Å². The molecule has 28 atom stereocenters. The SMILES string of the molecule is C[C@@H]([C@H]1CC[C@H]2[C@@H]3CC[C@@H]4CC(C)(C)CC[C@]4(C)[C@H]3CC[C@]12C)[C@H](O)C(F)(F)F.C[C@H]([C@@H](O)C(F)(F)F)[C@H]1CC[C@H]2[C@@H]3CC[C@@H]4CC(C)(C)CC[C@]4(C)[C@H]3CC[C@]12C.C[C@H]([C@@H](O)C(F)(F)F)[C@H]1CC[C@H]2[C@@H]3CC[C@@H]4C[C@@](C)(O)CC[C@]4(C)[C@H]3CC[C@]12C.[K+].[OH-]. The van der Waals surface area contributed by atoms with E-state index >= 15 is 0 Å². The topological polar surface area (TPSA) is 111 Å². The Kier molecular flexibility index (Phi) is 21.9. The summed E-state index contributed by atoms with van der Waals surface area (Å²) < 4.78 is 119. The Morgan fingerprint density at radius 2 is 0.562 bits per heavy atom. The second-order valence-corrected chi connectivity index (χ2v) is 37.1. The van der Waals surface area contributed by atoms with E-state index in [0.717, 1.165) is 120 Å². The monoisotopic (exact) mass is 1300 g/mol. The van der Waals surface area contributed by atoms with Gasteiger partial charge in [-0.2, -0.15) is 39.5 Å². The first kappa shape index (κ1) is 75.6. The van der Waals surface area contributed by atoms with Crippen LogP contribution in [0.4, 0.5) is 39.5 Å². The zero-order chi connectivity index (χ0) is 64.2. The van der Waals surface area contributed by atoms with Crippen molar-refractivity contribution in [1.29, 1.82) is 0 Å². The maximum absolute atomic E-state index is 13.2. The number of fused-ring (bicyclic) bond motifs is 15. The Hall–Kier alpha value is 0.806. The second kappa shape index (κ2) is 25.8. The summed E-state index contributed by atoms with van der Waals surface area (Å²) >= 11 is 0. The standard InChI is InChI=1S/2C25H41F3O.C24H39F3O2.K.H2O/c2*1-15(21(29)25(26,27)28)18-8-9-19-17-7-6-16-14-22(2,3)12-13-23(16,4)20(17)10-11-24(18,19)5;1-14(20(28)24(25,26)27)17-7-8-18-16-6-5-15-13-21(2,29)11-12-22(15,3)19(16)9-10-23(17,18)4;;/h2*15-21,29H,6-14H2,1-5H3;14-20,28-29H,5-13H2,1-4H3;;1H2/q;;;+1;/p-1/t15-,16+,17-,18+,19-,20-,21+,23-,24+;15-,16+,17-,18+,19-,20-,21-,23-,24+;14-,15+,16-,17+,18-,19-,20+,21-,22-,23+;;/m000../s1. The van der Waals surface area contributed by atoms with Crippen molar-refractivity contribution in [2.45, 2.75) is 313 Å². The van der Waals surface area contributed by atoms with E-state index in [1.54, 1.807) is 20.8 Å². The number of halogens is 9. The fraction of sp³-hybridized carbons (Fsp3) is 1.00. The van der Waals surface area contributed by atoms with Crippen LogP contribution in [0.3, 0.4) is 0 Å². The molecule has 12 fully saturated rings. The smallest absolute Gasteiger partial charge is 0.870 e. The number of alkyl halides is 9. The number of hydrogen-bond donors (Lipinski definition) is 4. The van der Waals surface area contributed by atoms with Gasteiger partial charge in [-0.05, 0) is 330 Å². The molecule has 12 saturated carbocycles. The molecule has 0 heterocycles. The van der Waals surface area contributed by atoms with E-state index in [-0.39, 0.29) is 96.3 Å². The van der Waals surface area contributed by atoms with Crippen LogP contribution in [-0.2, 0) is 0 Å². The Bertz CT molecular complexity index is 2160. The van der Waals surface area contributed by atoms with Crippen molar-refractivity contribution in [3.63, 3.8) is 0 Å². The fourth-order valence-corrected chi connectivity index (χ4v) is 27.0. The van der Waals surface area contributed by atoms with E-state index in [1.165, 1.54) is 77.0 Å². The molecule has 512 valence electrons. The number of hydrogen-bond acceptors (Lipinski definition) is 5. The molecule has 5 nitrogen and oxygen atoms in total. The summed E-state index contributed by atoms with van der Waals surface area (Å²) in [5, 5.41) is 40.5. The van der Waals surface area contributed by atoms with Crippen LogP contribution in [0.5, 0.6) is 0 Å². The van der Waals surface area contributed by atoms with Gasteiger partial charge in [0.05, 0.1) is 5.60 Å². The van der Waals surface area contributed by atoms with Gasteiger partial charge in [0.1, 0.15) is 0 Å². The van der Waals surface area contributed by atoms with Crippen LogP contribution in [-0.4, -0.2) is 68.3 Å². The Balaban J connectivity index is 0.000000171. The van der Waals surface area contributed by atoms with Gasteiger partial charge in [-0.3, -0.25) is 0 Å². The largest absolute Gasteiger partial charge is 1.00 e. The van der Waals surface area contributed by atoms with Crippen LogP contribution in [0.1, 0.15) is 270 Å². The van der Waals surface area contributed by atoms with Crippen LogP contribution in [0.15, 0.2) is 0 Å². The molecule has 89 heavy (non-hydrogen) atoms. The minimum absolute atomic E-state index is 0. The quantitative estimate of drug-likeness (QED) is 0.156. The average molecular weight is 1300 g/mol. The van der Waals surface area contributed by atoms with E-state index in [4.69, 9.17) is 0 Å². The fourth-order valence-electron chi connectivity index (χ4n) is 27.0. The van der Waals surface area contributed by atoms with Crippen molar-refractivity contribution in [2.75, 3.05) is 0 Å². The Morgan fingerprint density at radius 3 is 0.831 bits per heavy atom. The molecule has 12 aliphatic carbocycles. The third-order valence-corrected chi connectivity index (χ3v) is 32.0. The zero-order valence-electron chi connectivity index (χ0n) is 57.9. The van der Waals surface area contributed by atoms with E-state index in [2.05, 4.69) is 69.2 Å². The van der Waals surface area contributed by atoms with Crippen LogP contribution in [0.2, 0.25) is 0 Å². The third-order valence-electron chi connectivity index (χ3n) is 32.0. The van der Waals surface area contributed by atoms with Crippen molar-refractivity contribution < 1.29 is 117 Å². The minimum Gasteiger partial charge on any atom is -0.870 e. The molecule has 0 unspecified atom stereocenters. The Morgan fingerprint density at radius 1 is 0.315 bits per heavy atom. The molecule has 15 heteroatoms. The minimum atomic E-state index is -4.53. The van der Waals surface area contributed by atoms with E-state index in [0.29, 0.717) is 69.0 Å². The third kappa shape index (κ3) is 13.5. The maximum Gasteiger partial charge on any atom is 1.00 e. The molecule has 0 bridgehead atoms. The molecule has 5 N–H and O–H groups in total. The molecule has 12 aliphatic rings. The average Bonchev–Trinajstić information content (AvgIpc) is 1.74. The number of rotatable bonds is 6. The molecule has 0 radical (unpaired) electrons. The van der Waals surface area contributed by atoms with Gasteiger partial charge in [-0.15, -0.1) is 0 Å². The summed E-state index contributed by atoms with van der Waals surface area (Å²) in [5.74, 6) is 5.63. The number of aliphatic hydroxyl groups is 4. The number of aliphatic hydroxyl groups excluding tert-OH is 3. The maximum atomic E-state index is 13.2. The molecule has 0 aliphatic heterocycles. The molecule has 0 amide bonds. The molecule has 0 aromatic heterocycles. The van der Waals surface area contributed by atoms with Crippen molar-refractivity contribution >= 4 is 0 Å². The summed E-state index contributed by atoms with van der Waals surface area (Å²) in [4.78, 5) is 0. The normalized spacial score (nSPS) is 48.9. The molecule has 0 aromatic carbocycles. The molecular weight excluding hydrogens is 1180 g/mol. The van der Waals surface area contributed by atoms with Crippen LogP contribution >= 0.6 is 0 Å². The first-order valence-corrected chi connectivity index (χ1v) is 35.9. The summed E-state index contributed by atoms with van der Waals surface area (Å²) in [6.45, 7) is 30.9. The summed E-state index contributed by atoms with van der Waals surface area (Å²) in [7, 11) is 0. The van der Waals surface area contributed by atoms with Crippen molar-refractivity contribution in [2.24, 2.45) is 150 Å². The van der Waals surface area contributed by atoms with Gasteiger partial charge in [0.25, 0.3) is 0 Å². The molecule has 0 saturated heterocycles. The Labute approximate surface area is 574 Å². The van der Waals surface area contributed by atoms with Gasteiger partial charge < -0.3 is 25.9 Å². The van der Waals surface area contributed by atoms with E-state index in [9.17, 15) is 59.9 Å². The molecule has 12 rings (SSSR count). The van der Waals surface area contributed by atoms with Crippen LogP contribution in [0.25, 0.3) is 0 Å². The van der Waals surface area contributed by atoms with E-state index in [1.807, 2.05) is 6.92 Å². The van der Waals surface area contributed by atoms with Crippen LogP contribution < -0.4 is 51.4 Å². The van der Waals surface area contributed by atoms with Crippen molar-refractivity contribution in [3.05, 3.63) is 0 Å².